The number of hydrogen-bond donors (Lipinski definition) is 0. The van der Waals surface area contributed by atoms with Gasteiger partial charge >= 0.3 is 17.1 Å². The molecule has 0 N–H and O–H groups in total. The zero-order chi connectivity index (χ0) is 14.1. The highest BCUT2D eigenvalue weighted by molar-refractivity contribution is 4.86. The van der Waals surface area contributed by atoms with Gasteiger partial charge in [-0.25, -0.2) is 28.1 Å². The summed E-state index contributed by atoms with van der Waals surface area (Å²) in [5, 5.41) is 0. The highest BCUT2D eigenvalue weighted by atomic mass is 16.2. The average molecular weight is 255 g/mol. The van der Waals surface area contributed by atoms with Crippen LogP contribution in [0.2, 0.25) is 0 Å². The third kappa shape index (κ3) is 2.07. The van der Waals surface area contributed by atoms with E-state index in [0.717, 1.165) is 9.13 Å². The first kappa shape index (κ1) is 14.5. The number of hydrogen-bond acceptors (Lipinski definition) is 3. The van der Waals surface area contributed by atoms with Gasteiger partial charge in [-0.1, -0.05) is 6.92 Å². The summed E-state index contributed by atoms with van der Waals surface area (Å²) in [7, 11) is 0. The quantitative estimate of drug-likeness (QED) is 0.780. The Morgan fingerprint density at radius 1 is 0.833 bits per heavy atom. The molecular formula is C12H21N3O3. The summed E-state index contributed by atoms with van der Waals surface area (Å²) in [6.07, 6.45) is 0.633. The second-order valence-corrected chi connectivity index (χ2v) is 4.84. The van der Waals surface area contributed by atoms with Gasteiger partial charge in [0.25, 0.3) is 0 Å². The van der Waals surface area contributed by atoms with Gasteiger partial charge in [-0.3, -0.25) is 0 Å². The van der Waals surface area contributed by atoms with Crippen LogP contribution in [0, 0.1) is 0 Å². The second-order valence-electron chi connectivity index (χ2n) is 4.84. The summed E-state index contributed by atoms with van der Waals surface area (Å²) in [6, 6.07) is 0. The van der Waals surface area contributed by atoms with Crippen LogP contribution < -0.4 is 17.1 Å². The van der Waals surface area contributed by atoms with Crippen molar-refractivity contribution in [2.45, 2.75) is 59.7 Å². The first-order valence-electron chi connectivity index (χ1n) is 6.28. The Bertz CT molecular complexity index is 562. The predicted octanol–water partition coefficient (Wildman–Crippen LogP) is 0.357. The van der Waals surface area contributed by atoms with Crippen LogP contribution in [0.1, 0.15) is 41.0 Å². The summed E-state index contributed by atoms with van der Waals surface area (Å²) >= 11 is 0. The highest BCUT2D eigenvalue weighted by Gasteiger charge is 2.25. The largest absolute Gasteiger partial charge is 0.336 e. The molecule has 6 heteroatoms. The Morgan fingerprint density at radius 2 is 1.22 bits per heavy atom. The fraction of sp³-hybridized carbons (Fsp3) is 0.750. The van der Waals surface area contributed by atoms with Crippen LogP contribution in [0.5, 0.6) is 0 Å². The van der Waals surface area contributed by atoms with Crippen LogP contribution in [0.4, 0.5) is 0 Å². The summed E-state index contributed by atoms with van der Waals surface area (Å²) in [5.41, 5.74) is -2.18. The van der Waals surface area contributed by atoms with Gasteiger partial charge in [0.2, 0.25) is 0 Å². The predicted molar refractivity (Wildman–Crippen MR) is 70.2 cm³/mol. The molecule has 6 nitrogen and oxygen atoms in total. The molecular weight excluding hydrogens is 234 g/mol. The molecule has 1 rings (SSSR count). The van der Waals surface area contributed by atoms with E-state index in [1.165, 1.54) is 4.57 Å². The fourth-order valence-electron chi connectivity index (χ4n) is 1.85. The third-order valence-corrected chi connectivity index (χ3v) is 3.41. The molecule has 1 aromatic heterocycles. The van der Waals surface area contributed by atoms with Gasteiger partial charge in [-0.05, 0) is 34.1 Å². The van der Waals surface area contributed by atoms with Crippen molar-refractivity contribution in [3.8, 4) is 0 Å². The molecule has 0 aliphatic carbocycles. The van der Waals surface area contributed by atoms with Gasteiger partial charge in [0, 0.05) is 18.6 Å². The van der Waals surface area contributed by atoms with Gasteiger partial charge < -0.3 is 0 Å². The Kier molecular flexibility index (Phi) is 3.98. The summed E-state index contributed by atoms with van der Waals surface area (Å²) < 4.78 is 3.38. The lowest BCUT2D eigenvalue weighted by Gasteiger charge is -2.26. The van der Waals surface area contributed by atoms with Crippen LogP contribution in [0.25, 0.3) is 0 Å². The van der Waals surface area contributed by atoms with Crippen molar-refractivity contribution in [2.75, 3.05) is 0 Å². The van der Waals surface area contributed by atoms with Crippen molar-refractivity contribution in [2.24, 2.45) is 0 Å². The minimum Gasteiger partial charge on any atom is -0.247 e. The molecule has 0 saturated heterocycles. The lowest BCUT2D eigenvalue weighted by Crippen LogP contribution is -2.58. The van der Waals surface area contributed by atoms with E-state index in [0.29, 0.717) is 6.42 Å². The van der Waals surface area contributed by atoms with Crippen molar-refractivity contribution in [1.82, 2.24) is 13.7 Å². The van der Waals surface area contributed by atoms with Gasteiger partial charge in [-0.15, -0.1) is 0 Å². The van der Waals surface area contributed by atoms with Gasteiger partial charge in [0.05, 0.1) is 0 Å². The maximum Gasteiger partial charge on any atom is 0.336 e. The van der Waals surface area contributed by atoms with E-state index >= 15 is 0 Å². The monoisotopic (exact) mass is 255 g/mol. The summed E-state index contributed by atoms with van der Waals surface area (Å²) in [6.45, 7) is 9.51. The number of rotatable bonds is 4. The molecule has 1 heterocycles. The van der Waals surface area contributed by atoms with E-state index in [4.69, 9.17) is 0 Å². The normalized spacial score (nSPS) is 11.8. The maximum atomic E-state index is 12.2. The molecule has 0 bridgehead atoms. The molecule has 0 saturated carbocycles. The van der Waals surface area contributed by atoms with E-state index in [-0.39, 0.29) is 13.1 Å². The van der Waals surface area contributed by atoms with Crippen molar-refractivity contribution < 1.29 is 0 Å². The van der Waals surface area contributed by atoms with Gasteiger partial charge in [-0.2, -0.15) is 0 Å². The third-order valence-electron chi connectivity index (χ3n) is 3.41. The molecule has 0 aliphatic rings. The molecule has 0 atom stereocenters. The molecule has 0 aromatic carbocycles. The minimum absolute atomic E-state index is 0.262. The highest BCUT2D eigenvalue weighted by Crippen LogP contribution is 2.13. The number of aromatic nitrogens is 3. The van der Waals surface area contributed by atoms with Crippen LogP contribution >= 0.6 is 0 Å². The fourth-order valence-corrected chi connectivity index (χ4v) is 1.85. The second kappa shape index (κ2) is 4.96. The average Bonchev–Trinajstić information content (AvgIpc) is 2.29. The topological polar surface area (TPSA) is 66.0 Å². The molecule has 1 aromatic rings. The van der Waals surface area contributed by atoms with E-state index in [1.54, 1.807) is 13.8 Å². The standard InChI is InChI=1S/C12H21N3O3/c1-6-12(4,5)15-10(17)13(7-2)9(16)14(8-3)11(15)18/h6-8H2,1-5H3. The van der Waals surface area contributed by atoms with E-state index in [2.05, 4.69) is 0 Å². The molecule has 0 unspecified atom stereocenters. The van der Waals surface area contributed by atoms with Crippen molar-refractivity contribution in [3.63, 3.8) is 0 Å². The minimum atomic E-state index is -0.601. The smallest absolute Gasteiger partial charge is 0.247 e. The lowest BCUT2D eigenvalue weighted by atomic mass is 10.0. The SMILES string of the molecule is CCn1c(=O)n(CC)c(=O)n(C(C)(C)CC)c1=O. The van der Waals surface area contributed by atoms with Crippen LogP contribution in [0.15, 0.2) is 14.4 Å². The first-order valence-corrected chi connectivity index (χ1v) is 6.28. The van der Waals surface area contributed by atoms with Crippen LogP contribution in [0.3, 0.4) is 0 Å². The van der Waals surface area contributed by atoms with Crippen molar-refractivity contribution in [3.05, 3.63) is 31.5 Å². The number of nitrogens with zero attached hydrogens (tertiary/aromatic N) is 3. The van der Waals surface area contributed by atoms with E-state index in [1.807, 2.05) is 20.8 Å². The molecule has 0 fully saturated rings. The Hall–Kier alpha value is -1.59. The zero-order valence-electron chi connectivity index (χ0n) is 11.7. The molecule has 18 heavy (non-hydrogen) atoms. The first-order chi connectivity index (χ1) is 8.31. The van der Waals surface area contributed by atoms with Crippen LogP contribution in [-0.2, 0) is 18.6 Å². The zero-order valence-corrected chi connectivity index (χ0v) is 11.7. The molecule has 0 amide bonds. The van der Waals surface area contributed by atoms with Gasteiger partial charge in [0.15, 0.2) is 0 Å². The molecule has 102 valence electrons. The molecule has 0 aliphatic heterocycles. The van der Waals surface area contributed by atoms with E-state index < -0.39 is 22.6 Å². The Labute approximate surface area is 105 Å². The lowest BCUT2D eigenvalue weighted by molar-refractivity contribution is 0.286. The summed E-state index contributed by atoms with van der Waals surface area (Å²) in [5.74, 6) is 0. The maximum absolute atomic E-state index is 12.2. The van der Waals surface area contributed by atoms with Crippen molar-refractivity contribution in [1.29, 1.82) is 0 Å². The summed E-state index contributed by atoms with van der Waals surface area (Å²) in [4.78, 5) is 36.4. The van der Waals surface area contributed by atoms with E-state index in [9.17, 15) is 14.4 Å². The molecule has 0 radical (unpaired) electrons. The Morgan fingerprint density at radius 3 is 1.50 bits per heavy atom. The van der Waals surface area contributed by atoms with Gasteiger partial charge in [0.1, 0.15) is 0 Å². The molecule has 0 spiro atoms. The van der Waals surface area contributed by atoms with Crippen molar-refractivity contribution >= 4 is 0 Å². The Balaban J connectivity index is 3.91. The van der Waals surface area contributed by atoms with Crippen LogP contribution in [-0.4, -0.2) is 13.7 Å².